The van der Waals surface area contributed by atoms with Crippen molar-refractivity contribution in [3.63, 3.8) is 0 Å². The molecule has 0 bridgehead atoms. The molecule has 0 aliphatic rings. The van der Waals surface area contributed by atoms with Crippen LogP contribution in [0.4, 0.5) is 0 Å². The molecule has 0 aliphatic carbocycles. The van der Waals surface area contributed by atoms with Crippen LogP contribution >= 0.6 is 22.6 Å². The van der Waals surface area contributed by atoms with Crippen molar-refractivity contribution in [3.05, 3.63) is 75.6 Å². The van der Waals surface area contributed by atoms with Crippen LogP contribution < -0.4 is 0 Å². The number of ketones is 1. The maximum absolute atomic E-state index is 12.6. The van der Waals surface area contributed by atoms with E-state index in [1.54, 1.807) is 18.5 Å². The highest BCUT2D eigenvalue weighted by Gasteiger charge is 2.15. The third kappa shape index (κ3) is 2.49. The number of hydrogen-bond acceptors (Lipinski definition) is 3. The van der Waals surface area contributed by atoms with Crippen molar-refractivity contribution in [1.29, 1.82) is 0 Å². The fraction of sp³-hybridized carbons (Fsp3) is 0. The molecule has 0 radical (unpaired) electrons. The highest BCUT2D eigenvalue weighted by molar-refractivity contribution is 14.1. The average Bonchev–Trinajstić information content (AvgIpc) is 3.01. The molecule has 1 aromatic heterocycles. The Morgan fingerprint density at radius 3 is 2.30 bits per heavy atom. The molecule has 98 valence electrons. The van der Waals surface area contributed by atoms with E-state index in [1.807, 2.05) is 42.5 Å². The van der Waals surface area contributed by atoms with Gasteiger partial charge in [-0.15, -0.1) is 0 Å². The predicted molar refractivity (Wildman–Crippen MR) is 84.0 cm³/mol. The van der Waals surface area contributed by atoms with E-state index in [2.05, 4.69) is 32.8 Å². The quantitative estimate of drug-likeness (QED) is 0.522. The van der Waals surface area contributed by atoms with E-state index in [0.29, 0.717) is 16.8 Å². The lowest BCUT2D eigenvalue weighted by atomic mass is 10.0. The number of hydrogen-bond donors (Lipinski definition) is 0. The standard InChI is InChI=1S/C15H10IN3O/c16-12-7-5-11(6-8-12)15(20)13-3-1-2-4-14(13)19-17-9-10-18-19/h1-10H. The van der Waals surface area contributed by atoms with E-state index >= 15 is 0 Å². The zero-order chi connectivity index (χ0) is 13.9. The van der Waals surface area contributed by atoms with E-state index in [-0.39, 0.29) is 5.78 Å². The van der Waals surface area contributed by atoms with E-state index in [1.165, 1.54) is 4.80 Å². The summed E-state index contributed by atoms with van der Waals surface area (Å²) in [5.74, 6) is -0.0331. The molecule has 3 rings (SSSR count). The van der Waals surface area contributed by atoms with Gasteiger partial charge in [-0.05, 0) is 59.0 Å². The summed E-state index contributed by atoms with van der Waals surface area (Å²) in [5.41, 5.74) is 1.93. The first kappa shape index (κ1) is 13.0. The van der Waals surface area contributed by atoms with Gasteiger partial charge in [0.2, 0.25) is 0 Å². The molecule has 20 heavy (non-hydrogen) atoms. The smallest absolute Gasteiger partial charge is 0.195 e. The Hall–Kier alpha value is -2.02. The van der Waals surface area contributed by atoms with Crippen molar-refractivity contribution >= 4 is 28.4 Å². The summed E-state index contributed by atoms with van der Waals surface area (Å²) < 4.78 is 1.10. The zero-order valence-electron chi connectivity index (χ0n) is 10.4. The minimum atomic E-state index is -0.0331. The first-order chi connectivity index (χ1) is 9.75. The minimum Gasteiger partial charge on any atom is -0.289 e. The van der Waals surface area contributed by atoms with Crippen LogP contribution in [0.25, 0.3) is 5.69 Å². The second-order valence-electron chi connectivity index (χ2n) is 4.17. The van der Waals surface area contributed by atoms with Gasteiger partial charge in [-0.25, -0.2) is 0 Å². The largest absolute Gasteiger partial charge is 0.289 e. The summed E-state index contributed by atoms with van der Waals surface area (Å²) in [7, 11) is 0. The van der Waals surface area contributed by atoms with E-state index in [9.17, 15) is 4.79 Å². The summed E-state index contributed by atoms with van der Waals surface area (Å²) in [4.78, 5) is 14.1. The fourth-order valence-electron chi connectivity index (χ4n) is 1.94. The monoisotopic (exact) mass is 375 g/mol. The van der Waals surface area contributed by atoms with E-state index < -0.39 is 0 Å². The molecule has 0 spiro atoms. The molecule has 3 aromatic rings. The molecule has 0 saturated heterocycles. The summed E-state index contributed by atoms with van der Waals surface area (Å²) in [6.45, 7) is 0. The minimum absolute atomic E-state index is 0.0331. The Balaban J connectivity index is 2.06. The summed E-state index contributed by atoms with van der Waals surface area (Å²) in [5, 5.41) is 8.18. The number of benzene rings is 2. The summed E-state index contributed by atoms with van der Waals surface area (Å²) in [6, 6.07) is 14.8. The fourth-order valence-corrected chi connectivity index (χ4v) is 2.30. The maximum Gasteiger partial charge on any atom is 0.195 e. The number of nitrogens with zero attached hydrogens (tertiary/aromatic N) is 3. The molecule has 0 fully saturated rings. The first-order valence-corrected chi connectivity index (χ1v) is 7.09. The molecule has 0 amide bonds. The van der Waals surface area contributed by atoms with Crippen LogP contribution in [-0.4, -0.2) is 20.8 Å². The summed E-state index contributed by atoms with van der Waals surface area (Å²) in [6.07, 6.45) is 3.18. The Bertz CT molecular complexity index is 736. The van der Waals surface area contributed by atoms with Crippen LogP contribution in [0.1, 0.15) is 15.9 Å². The lowest BCUT2D eigenvalue weighted by molar-refractivity contribution is 0.103. The van der Waals surface area contributed by atoms with Crippen LogP contribution in [0.2, 0.25) is 0 Å². The maximum atomic E-state index is 12.6. The molecular formula is C15H10IN3O. The molecular weight excluding hydrogens is 365 g/mol. The van der Waals surface area contributed by atoms with Gasteiger partial charge >= 0.3 is 0 Å². The number of rotatable bonds is 3. The molecule has 5 heteroatoms. The number of para-hydroxylation sites is 1. The van der Waals surface area contributed by atoms with Crippen LogP contribution in [0.15, 0.2) is 60.9 Å². The molecule has 1 heterocycles. The van der Waals surface area contributed by atoms with Gasteiger partial charge in [-0.2, -0.15) is 15.0 Å². The Morgan fingerprint density at radius 1 is 0.950 bits per heavy atom. The van der Waals surface area contributed by atoms with Gasteiger partial charge in [-0.3, -0.25) is 4.79 Å². The van der Waals surface area contributed by atoms with Crippen LogP contribution in [0, 0.1) is 3.57 Å². The number of halogens is 1. The lowest BCUT2D eigenvalue weighted by Gasteiger charge is -2.07. The molecule has 0 atom stereocenters. The van der Waals surface area contributed by atoms with E-state index in [0.717, 1.165) is 3.57 Å². The second-order valence-corrected chi connectivity index (χ2v) is 5.42. The van der Waals surface area contributed by atoms with Crippen molar-refractivity contribution in [1.82, 2.24) is 15.0 Å². The molecule has 4 nitrogen and oxygen atoms in total. The van der Waals surface area contributed by atoms with Gasteiger partial charge in [0.05, 0.1) is 23.6 Å². The lowest BCUT2D eigenvalue weighted by Crippen LogP contribution is -2.09. The third-order valence-electron chi connectivity index (χ3n) is 2.89. The number of carbonyl (C=O) groups excluding carboxylic acids is 1. The second kappa shape index (κ2) is 5.54. The SMILES string of the molecule is O=C(c1ccc(I)cc1)c1ccccc1-n1nccn1. The Kier molecular flexibility index (Phi) is 3.60. The average molecular weight is 375 g/mol. The van der Waals surface area contributed by atoms with Crippen molar-refractivity contribution in [2.45, 2.75) is 0 Å². The first-order valence-electron chi connectivity index (χ1n) is 6.02. The molecule has 0 aliphatic heterocycles. The van der Waals surface area contributed by atoms with Gasteiger partial charge in [0.25, 0.3) is 0 Å². The van der Waals surface area contributed by atoms with Gasteiger partial charge < -0.3 is 0 Å². The predicted octanol–water partition coefficient (Wildman–Crippen LogP) is 3.10. The Morgan fingerprint density at radius 2 is 1.60 bits per heavy atom. The van der Waals surface area contributed by atoms with Crippen LogP contribution in [0.3, 0.4) is 0 Å². The third-order valence-corrected chi connectivity index (χ3v) is 3.61. The topological polar surface area (TPSA) is 47.8 Å². The zero-order valence-corrected chi connectivity index (χ0v) is 12.6. The van der Waals surface area contributed by atoms with Crippen LogP contribution in [-0.2, 0) is 0 Å². The number of carbonyl (C=O) groups is 1. The van der Waals surface area contributed by atoms with Crippen molar-refractivity contribution < 1.29 is 4.79 Å². The van der Waals surface area contributed by atoms with Gasteiger partial charge in [0.15, 0.2) is 5.78 Å². The van der Waals surface area contributed by atoms with Gasteiger partial charge in [0, 0.05) is 9.13 Å². The van der Waals surface area contributed by atoms with Crippen molar-refractivity contribution in [2.24, 2.45) is 0 Å². The highest BCUT2D eigenvalue weighted by atomic mass is 127. The summed E-state index contributed by atoms with van der Waals surface area (Å²) >= 11 is 2.21. The van der Waals surface area contributed by atoms with Gasteiger partial charge in [0.1, 0.15) is 0 Å². The normalized spacial score (nSPS) is 10.4. The molecule has 0 N–H and O–H groups in total. The molecule has 0 unspecified atom stereocenters. The van der Waals surface area contributed by atoms with Crippen LogP contribution in [0.5, 0.6) is 0 Å². The molecule has 2 aromatic carbocycles. The van der Waals surface area contributed by atoms with Gasteiger partial charge in [-0.1, -0.05) is 12.1 Å². The Labute approximate surface area is 129 Å². The molecule has 0 saturated carbocycles. The van der Waals surface area contributed by atoms with Crippen molar-refractivity contribution in [3.8, 4) is 5.69 Å². The van der Waals surface area contributed by atoms with Crippen molar-refractivity contribution in [2.75, 3.05) is 0 Å². The number of aromatic nitrogens is 3. The highest BCUT2D eigenvalue weighted by Crippen LogP contribution is 2.18. The van der Waals surface area contributed by atoms with E-state index in [4.69, 9.17) is 0 Å².